The van der Waals surface area contributed by atoms with Gasteiger partial charge in [-0.25, -0.2) is 4.79 Å². The molecule has 0 atom stereocenters. The Kier molecular flexibility index (Phi) is 3.58. The molecule has 0 spiro atoms. The first kappa shape index (κ1) is 9.04. The smallest absolute Gasteiger partial charge is 0.330 e. The molecule has 0 aromatic rings. The van der Waals surface area contributed by atoms with Crippen LogP contribution in [0.2, 0.25) is 0 Å². The molecule has 1 aliphatic rings. The highest BCUT2D eigenvalue weighted by atomic mass is 16.5. The SMILES string of the molecule is C=CC(=O)OCC1=CCCCC1. The number of carbonyl (C=O) groups is 1. The van der Waals surface area contributed by atoms with Gasteiger partial charge in [0.25, 0.3) is 0 Å². The van der Waals surface area contributed by atoms with Crippen LogP contribution in [0.5, 0.6) is 0 Å². The lowest BCUT2D eigenvalue weighted by Gasteiger charge is -2.11. The third-order valence-corrected chi connectivity index (χ3v) is 1.95. The van der Waals surface area contributed by atoms with E-state index in [9.17, 15) is 4.79 Å². The fraction of sp³-hybridized carbons (Fsp3) is 0.500. The maximum absolute atomic E-state index is 10.7. The van der Waals surface area contributed by atoms with Crippen LogP contribution in [0.25, 0.3) is 0 Å². The van der Waals surface area contributed by atoms with E-state index in [1.807, 2.05) is 0 Å². The molecule has 0 aromatic carbocycles. The Morgan fingerprint density at radius 2 is 2.50 bits per heavy atom. The Bertz CT molecular complexity index is 204. The average Bonchev–Trinajstić information content (AvgIpc) is 2.16. The number of allylic oxidation sites excluding steroid dienone is 1. The number of hydrogen-bond acceptors (Lipinski definition) is 2. The molecular formula is C10H14O2. The molecule has 0 saturated heterocycles. The second-order valence-corrected chi connectivity index (χ2v) is 2.92. The van der Waals surface area contributed by atoms with Crippen LogP contribution < -0.4 is 0 Å². The molecule has 1 aliphatic carbocycles. The van der Waals surface area contributed by atoms with Gasteiger partial charge >= 0.3 is 5.97 Å². The zero-order valence-electron chi connectivity index (χ0n) is 7.21. The summed E-state index contributed by atoms with van der Waals surface area (Å²) in [5.41, 5.74) is 1.25. The van der Waals surface area contributed by atoms with Gasteiger partial charge in [0.1, 0.15) is 6.61 Å². The first-order valence-corrected chi connectivity index (χ1v) is 4.30. The molecule has 12 heavy (non-hydrogen) atoms. The normalized spacial score (nSPS) is 16.5. The Morgan fingerprint density at radius 1 is 1.67 bits per heavy atom. The second kappa shape index (κ2) is 4.75. The highest BCUT2D eigenvalue weighted by Crippen LogP contribution is 2.17. The van der Waals surface area contributed by atoms with Crippen molar-refractivity contribution in [3.8, 4) is 0 Å². The molecule has 2 nitrogen and oxygen atoms in total. The molecule has 2 heteroatoms. The van der Waals surface area contributed by atoms with Gasteiger partial charge in [0.2, 0.25) is 0 Å². The van der Waals surface area contributed by atoms with Gasteiger partial charge in [-0.3, -0.25) is 0 Å². The Hall–Kier alpha value is -1.05. The van der Waals surface area contributed by atoms with Crippen LogP contribution in [0.4, 0.5) is 0 Å². The molecule has 0 unspecified atom stereocenters. The minimum absolute atomic E-state index is 0.332. The Labute approximate surface area is 72.9 Å². The Balaban J connectivity index is 2.26. The minimum Gasteiger partial charge on any atom is -0.458 e. The van der Waals surface area contributed by atoms with Gasteiger partial charge in [-0.05, 0) is 31.3 Å². The van der Waals surface area contributed by atoms with Crippen LogP contribution in [0, 0.1) is 0 Å². The number of hydrogen-bond donors (Lipinski definition) is 0. The summed E-state index contributed by atoms with van der Waals surface area (Å²) in [6, 6.07) is 0. The molecule has 0 saturated carbocycles. The predicted octanol–water partition coefficient (Wildman–Crippen LogP) is 2.22. The standard InChI is InChI=1S/C10H14O2/c1-2-10(11)12-8-9-6-4-3-5-7-9/h2,6H,1,3-5,7-8H2. The van der Waals surface area contributed by atoms with Crippen molar-refractivity contribution in [3.63, 3.8) is 0 Å². The van der Waals surface area contributed by atoms with E-state index in [1.165, 1.54) is 24.5 Å². The summed E-state index contributed by atoms with van der Waals surface area (Å²) in [4.78, 5) is 10.7. The van der Waals surface area contributed by atoms with Crippen molar-refractivity contribution in [1.82, 2.24) is 0 Å². The van der Waals surface area contributed by atoms with E-state index in [0.717, 1.165) is 12.8 Å². The fourth-order valence-corrected chi connectivity index (χ4v) is 1.26. The number of esters is 1. The monoisotopic (exact) mass is 166 g/mol. The third kappa shape index (κ3) is 2.91. The van der Waals surface area contributed by atoms with Gasteiger partial charge in [-0.1, -0.05) is 12.7 Å². The van der Waals surface area contributed by atoms with E-state index in [-0.39, 0.29) is 5.97 Å². The molecule has 0 heterocycles. The molecule has 66 valence electrons. The summed E-state index contributed by atoms with van der Waals surface area (Å²) in [6.45, 7) is 3.78. The van der Waals surface area contributed by atoms with Crippen LogP contribution in [0.1, 0.15) is 25.7 Å². The lowest BCUT2D eigenvalue weighted by molar-refractivity contribution is -0.136. The van der Waals surface area contributed by atoms with Gasteiger partial charge < -0.3 is 4.74 Å². The van der Waals surface area contributed by atoms with E-state index in [4.69, 9.17) is 4.74 Å². The molecule has 0 aromatic heterocycles. The first-order chi connectivity index (χ1) is 5.83. The third-order valence-electron chi connectivity index (χ3n) is 1.95. The largest absolute Gasteiger partial charge is 0.458 e. The zero-order chi connectivity index (χ0) is 8.81. The van der Waals surface area contributed by atoms with Gasteiger partial charge in [0.05, 0.1) is 0 Å². The van der Waals surface area contributed by atoms with Gasteiger partial charge in [0.15, 0.2) is 0 Å². The van der Waals surface area contributed by atoms with Crippen LogP contribution in [0.15, 0.2) is 24.3 Å². The molecular weight excluding hydrogens is 152 g/mol. The van der Waals surface area contributed by atoms with Crippen molar-refractivity contribution < 1.29 is 9.53 Å². The van der Waals surface area contributed by atoms with Crippen LogP contribution in [-0.4, -0.2) is 12.6 Å². The second-order valence-electron chi connectivity index (χ2n) is 2.92. The summed E-state index contributed by atoms with van der Waals surface area (Å²) >= 11 is 0. The molecule has 0 bridgehead atoms. The predicted molar refractivity (Wildman–Crippen MR) is 47.7 cm³/mol. The highest BCUT2D eigenvalue weighted by molar-refractivity contribution is 5.81. The van der Waals surface area contributed by atoms with Crippen molar-refractivity contribution in [2.75, 3.05) is 6.61 Å². The summed E-state index contributed by atoms with van der Waals surface area (Å²) in [5, 5.41) is 0. The molecule has 0 N–H and O–H groups in total. The minimum atomic E-state index is -0.332. The lowest BCUT2D eigenvalue weighted by atomic mass is 10.0. The van der Waals surface area contributed by atoms with Gasteiger partial charge in [-0.15, -0.1) is 0 Å². The molecule has 0 fully saturated rings. The van der Waals surface area contributed by atoms with Crippen molar-refractivity contribution in [3.05, 3.63) is 24.3 Å². The van der Waals surface area contributed by atoms with Crippen molar-refractivity contribution in [2.45, 2.75) is 25.7 Å². The number of carbonyl (C=O) groups excluding carboxylic acids is 1. The summed E-state index contributed by atoms with van der Waals surface area (Å²) < 4.78 is 4.91. The lowest BCUT2D eigenvalue weighted by Crippen LogP contribution is -2.06. The van der Waals surface area contributed by atoms with E-state index in [2.05, 4.69) is 12.7 Å². The van der Waals surface area contributed by atoms with Crippen molar-refractivity contribution >= 4 is 5.97 Å². The topological polar surface area (TPSA) is 26.3 Å². The fourth-order valence-electron chi connectivity index (χ4n) is 1.26. The van der Waals surface area contributed by atoms with Crippen molar-refractivity contribution in [2.24, 2.45) is 0 Å². The number of rotatable bonds is 3. The Morgan fingerprint density at radius 3 is 3.08 bits per heavy atom. The number of ether oxygens (including phenoxy) is 1. The summed E-state index contributed by atoms with van der Waals surface area (Å²) in [5.74, 6) is -0.332. The molecule has 1 rings (SSSR count). The van der Waals surface area contributed by atoms with E-state index in [1.54, 1.807) is 0 Å². The molecule has 0 amide bonds. The van der Waals surface area contributed by atoms with E-state index in [0.29, 0.717) is 6.61 Å². The van der Waals surface area contributed by atoms with Crippen LogP contribution >= 0.6 is 0 Å². The molecule has 0 radical (unpaired) electrons. The molecule has 0 aliphatic heterocycles. The highest BCUT2D eigenvalue weighted by Gasteiger charge is 2.04. The van der Waals surface area contributed by atoms with Crippen LogP contribution in [-0.2, 0) is 9.53 Å². The maximum Gasteiger partial charge on any atom is 0.330 e. The first-order valence-electron chi connectivity index (χ1n) is 4.30. The summed E-state index contributed by atoms with van der Waals surface area (Å²) in [6.07, 6.45) is 8.05. The maximum atomic E-state index is 10.7. The van der Waals surface area contributed by atoms with Crippen molar-refractivity contribution in [1.29, 1.82) is 0 Å². The van der Waals surface area contributed by atoms with E-state index < -0.39 is 0 Å². The van der Waals surface area contributed by atoms with Gasteiger partial charge in [-0.2, -0.15) is 0 Å². The van der Waals surface area contributed by atoms with E-state index >= 15 is 0 Å². The van der Waals surface area contributed by atoms with Crippen LogP contribution in [0.3, 0.4) is 0 Å². The quantitative estimate of drug-likeness (QED) is 0.365. The zero-order valence-corrected chi connectivity index (χ0v) is 7.21. The van der Waals surface area contributed by atoms with Gasteiger partial charge in [0, 0.05) is 6.08 Å². The summed E-state index contributed by atoms with van der Waals surface area (Å²) in [7, 11) is 0. The average molecular weight is 166 g/mol.